The highest BCUT2D eigenvalue weighted by atomic mass is 32.2. The van der Waals surface area contributed by atoms with Gasteiger partial charge in [0.1, 0.15) is 0 Å². The van der Waals surface area contributed by atoms with Gasteiger partial charge >= 0.3 is 0 Å². The van der Waals surface area contributed by atoms with Crippen molar-refractivity contribution in [1.82, 2.24) is 3.97 Å². The maximum atomic E-state index is 12.7. The largest absolute Gasteiger partial charge is 0.374 e. The number of nitrogens with zero attached hydrogens (tertiary/aromatic N) is 1. The average molecular weight is 301 g/mol. The smallest absolute Gasteiger partial charge is 0.267 e. The highest BCUT2D eigenvalue weighted by molar-refractivity contribution is 7.90. The van der Waals surface area contributed by atoms with Gasteiger partial charge in [-0.3, -0.25) is 0 Å². The van der Waals surface area contributed by atoms with Crippen molar-refractivity contribution in [2.45, 2.75) is 17.9 Å². The molecule has 0 radical (unpaired) electrons. The zero-order valence-electron chi connectivity index (χ0n) is 11.5. The molecule has 5 heteroatoms. The molecule has 0 aliphatic heterocycles. The van der Waals surface area contributed by atoms with Crippen LogP contribution in [0.25, 0.3) is 6.08 Å². The van der Waals surface area contributed by atoms with Gasteiger partial charge in [-0.25, -0.2) is 12.4 Å². The molecule has 0 aliphatic rings. The van der Waals surface area contributed by atoms with E-state index in [9.17, 15) is 13.5 Å². The van der Waals surface area contributed by atoms with Crippen LogP contribution in [0.1, 0.15) is 22.9 Å². The number of aliphatic hydroxyl groups excluding tert-OH is 1. The van der Waals surface area contributed by atoms with Gasteiger partial charge in [0.15, 0.2) is 6.10 Å². The molecule has 0 saturated carbocycles. The zero-order valence-corrected chi connectivity index (χ0v) is 12.3. The van der Waals surface area contributed by atoms with Gasteiger partial charge in [0.05, 0.1) is 10.6 Å². The molecule has 1 heterocycles. The van der Waals surface area contributed by atoms with Gasteiger partial charge in [0, 0.05) is 6.20 Å². The van der Waals surface area contributed by atoms with E-state index in [1.807, 2.05) is 6.92 Å². The summed E-state index contributed by atoms with van der Waals surface area (Å²) in [4.78, 5) is 0.129. The van der Waals surface area contributed by atoms with Crippen molar-refractivity contribution < 1.29 is 13.5 Å². The van der Waals surface area contributed by atoms with Crippen LogP contribution in [0.3, 0.4) is 0 Å². The SMILES string of the molecule is C#CC(O)c1c(C=C)ccn1S(=O)(=O)c1ccc(C)cc1. The van der Waals surface area contributed by atoms with Crippen molar-refractivity contribution in [3.63, 3.8) is 0 Å². The lowest BCUT2D eigenvalue weighted by Crippen LogP contribution is -2.17. The second-order valence-corrected chi connectivity index (χ2v) is 6.36. The molecule has 0 aliphatic carbocycles. The molecule has 108 valence electrons. The van der Waals surface area contributed by atoms with Gasteiger partial charge in [-0.15, -0.1) is 6.42 Å². The maximum Gasteiger partial charge on any atom is 0.267 e. The van der Waals surface area contributed by atoms with Crippen molar-refractivity contribution in [2.75, 3.05) is 0 Å². The van der Waals surface area contributed by atoms with Gasteiger partial charge in [0.25, 0.3) is 10.0 Å². The second-order valence-electron chi connectivity index (χ2n) is 4.54. The van der Waals surface area contributed by atoms with E-state index < -0.39 is 16.1 Å². The molecule has 0 amide bonds. The summed E-state index contributed by atoms with van der Waals surface area (Å²) in [6, 6.07) is 8.01. The summed E-state index contributed by atoms with van der Waals surface area (Å²) >= 11 is 0. The first-order valence-corrected chi connectivity index (χ1v) is 7.66. The van der Waals surface area contributed by atoms with E-state index in [2.05, 4.69) is 12.5 Å². The second kappa shape index (κ2) is 5.60. The highest BCUT2D eigenvalue weighted by Crippen LogP contribution is 2.25. The quantitative estimate of drug-likeness (QED) is 0.882. The summed E-state index contributed by atoms with van der Waals surface area (Å²) in [6.07, 6.45) is 6.71. The van der Waals surface area contributed by atoms with E-state index in [4.69, 9.17) is 6.42 Å². The monoisotopic (exact) mass is 301 g/mol. The minimum atomic E-state index is -3.82. The number of hydrogen-bond donors (Lipinski definition) is 1. The summed E-state index contributed by atoms with van der Waals surface area (Å²) in [5, 5.41) is 9.90. The van der Waals surface area contributed by atoms with Crippen LogP contribution in [-0.2, 0) is 10.0 Å². The fourth-order valence-corrected chi connectivity index (χ4v) is 3.40. The summed E-state index contributed by atoms with van der Waals surface area (Å²) in [5.41, 5.74) is 1.56. The van der Waals surface area contributed by atoms with Crippen LogP contribution in [-0.4, -0.2) is 17.5 Å². The van der Waals surface area contributed by atoms with Gasteiger partial charge in [0.2, 0.25) is 0 Å². The molecule has 21 heavy (non-hydrogen) atoms. The van der Waals surface area contributed by atoms with Gasteiger partial charge in [-0.05, 0) is 30.7 Å². The molecule has 1 atom stereocenters. The predicted molar refractivity (Wildman–Crippen MR) is 82.1 cm³/mol. The Balaban J connectivity index is 2.66. The van der Waals surface area contributed by atoms with Crippen LogP contribution in [0.15, 0.2) is 48.0 Å². The summed E-state index contributed by atoms with van der Waals surface area (Å²) in [6.45, 7) is 5.47. The summed E-state index contributed by atoms with van der Waals surface area (Å²) in [5.74, 6) is 2.14. The Morgan fingerprint density at radius 2 is 1.95 bits per heavy atom. The minimum Gasteiger partial charge on any atom is -0.374 e. The van der Waals surface area contributed by atoms with E-state index >= 15 is 0 Å². The number of aromatic nitrogens is 1. The minimum absolute atomic E-state index is 0.119. The van der Waals surface area contributed by atoms with Gasteiger partial charge in [-0.1, -0.05) is 36.3 Å². The van der Waals surface area contributed by atoms with Crippen molar-refractivity contribution >= 4 is 16.1 Å². The van der Waals surface area contributed by atoms with Crippen molar-refractivity contribution in [3.8, 4) is 12.3 Å². The number of aryl methyl sites for hydroxylation is 1. The Morgan fingerprint density at radius 3 is 2.48 bits per heavy atom. The molecule has 1 unspecified atom stereocenters. The molecule has 1 N–H and O–H groups in total. The third-order valence-corrected chi connectivity index (χ3v) is 4.84. The van der Waals surface area contributed by atoms with E-state index in [-0.39, 0.29) is 10.6 Å². The summed E-state index contributed by atoms with van der Waals surface area (Å²) < 4.78 is 26.3. The zero-order chi connectivity index (χ0) is 15.6. The number of rotatable bonds is 4. The molecule has 0 spiro atoms. The molecule has 1 aromatic carbocycles. The Labute approximate surface area is 124 Å². The van der Waals surface area contributed by atoms with Crippen LogP contribution in [0, 0.1) is 19.3 Å². The first-order chi connectivity index (χ1) is 9.91. The first kappa shape index (κ1) is 15.1. The molecule has 0 saturated heterocycles. The molecule has 2 rings (SSSR count). The third kappa shape index (κ3) is 2.64. The maximum absolute atomic E-state index is 12.7. The fraction of sp³-hybridized carbons (Fsp3) is 0.125. The van der Waals surface area contributed by atoms with Crippen LogP contribution in [0.4, 0.5) is 0 Å². The lowest BCUT2D eigenvalue weighted by molar-refractivity contribution is 0.232. The summed E-state index contributed by atoms with van der Waals surface area (Å²) in [7, 11) is -3.82. The van der Waals surface area contributed by atoms with Crippen LogP contribution < -0.4 is 0 Å². The highest BCUT2D eigenvalue weighted by Gasteiger charge is 2.24. The predicted octanol–water partition coefficient (Wildman–Crippen LogP) is 2.34. The Kier molecular flexibility index (Phi) is 4.03. The Bertz CT molecular complexity index is 808. The Morgan fingerprint density at radius 1 is 1.33 bits per heavy atom. The van der Waals surface area contributed by atoms with Crippen molar-refractivity contribution in [2.24, 2.45) is 0 Å². The van der Waals surface area contributed by atoms with Crippen LogP contribution in [0.2, 0.25) is 0 Å². The molecular weight excluding hydrogens is 286 g/mol. The van der Waals surface area contributed by atoms with E-state index in [1.54, 1.807) is 18.2 Å². The van der Waals surface area contributed by atoms with Crippen LogP contribution in [0.5, 0.6) is 0 Å². The van der Waals surface area contributed by atoms with E-state index in [0.29, 0.717) is 5.56 Å². The van der Waals surface area contributed by atoms with Crippen LogP contribution >= 0.6 is 0 Å². The normalized spacial score (nSPS) is 12.6. The number of terminal acetylenes is 1. The molecule has 4 nitrogen and oxygen atoms in total. The van der Waals surface area contributed by atoms with Gasteiger partial charge < -0.3 is 5.11 Å². The van der Waals surface area contributed by atoms with E-state index in [1.165, 1.54) is 24.4 Å². The molecule has 0 bridgehead atoms. The standard InChI is InChI=1S/C16H15NO3S/c1-4-13-10-11-17(16(13)15(18)5-2)21(19,20)14-8-6-12(3)7-9-14/h2,4,6-11,15,18H,1H2,3H3. The number of benzene rings is 1. The van der Waals surface area contributed by atoms with Crippen molar-refractivity contribution in [3.05, 3.63) is 59.9 Å². The molecule has 2 aromatic rings. The molecule has 1 aromatic heterocycles. The first-order valence-electron chi connectivity index (χ1n) is 6.22. The molecule has 0 fully saturated rings. The average Bonchev–Trinajstić information content (AvgIpc) is 2.91. The fourth-order valence-electron chi connectivity index (χ4n) is 2.00. The Hall–Kier alpha value is -2.29. The number of aliphatic hydroxyl groups is 1. The number of hydrogen-bond acceptors (Lipinski definition) is 3. The topological polar surface area (TPSA) is 59.3 Å². The lowest BCUT2D eigenvalue weighted by atomic mass is 10.1. The molecular formula is C16H15NO3S. The van der Waals surface area contributed by atoms with Crippen molar-refractivity contribution in [1.29, 1.82) is 0 Å². The third-order valence-electron chi connectivity index (χ3n) is 3.14. The van der Waals surface area contributed by atoms with E-state index in [0.717, 1.165) is 9.54 Å². The van der Waals surface area contributed by atoms with Gasteiger partial charge in [-0.2, -0.15) is 0 Å². The lowest BCUT2D eigenvalue weighted by Gasteiger charge is -2.13.